The number of piperidine rings is 1. The molecule has 140 valence electrons. The van der Waals surface area contributed by atoms with Gasteiger partial charge < -0.3 is 10.0 Å². The first kappa shape index (κ1) is 19.6. The van der Waals surface area contributed by atoms with Gasteiger partial charge >= 0.3 is 0 Å². The summed E-state index contributed by atoms with van der Waals surface area (Å²) in [6.45, 7) is 5.29. The summed E-state index contributed by atoms with van der Waals surface area (Å²) in [5.74, 6) is 0.0763. The van der Waals surface area contributed by atoms with E-state index >= 15 is 0 Å². The molecule has 0 amide bonds. The van der Waals surface area contributed by atoms with E-state index < -0.39 is 14.9 Å². The molecule has 8 nitrogen and oxygen atoms in total. The Morgan fingerprint density at radius 2 is 2.04 bits per heavy atom. The maximum absolute atomic E-state index is 12.6. The van der Waals surface area contributed by atoms with Crippen molar-refractivity contribution in [3.63, 3.8) is 0 Å². The third kappa shape index (κ3) is 4.10. The SMILES string of the molecule is CCN(CC)S(=O)(=O)c1ccc(N2CCCC(CO)C2)c([N+](=O)[O-])c1. The van der Waals surface area contributed by atoms with Crippen molar-refractivity contribution >= 4 is 21.4 Å². The van der Waals surface area contributed by atoms with Crippen molar-refractivity contribution in [2.45, 2.75) is 31.6 Å². The van der Waals surface area contributed by atoms with Crippen molar-refractivity contribution in [2.24, 2.45) is 5.92 Å². The number of hydrogen-bond acceptors (Lipinski definition) is 6. The Balaban J connectivity index is 2.43. The predicted molar refractivity (Wildman–Crippen MR) is 95.2 cm³/mol. The van der Waals surface area contributed by atoms with Crippen LogP contribution >= 0.6 is 0 Å². The Bertz CT molecular complexity index is 718. The van der Waals surface area contributed by atoms with E-state index in [1.54, 1.807) is 13.8 Å². The van der Waals surface area contributed by atoms with Crippen molar-refractivity contribution in [3.05, 3.63) is 28.3 Å². The van der Waals surface area contributed by atoms with Gasteiger partial charge in [-0.3, -0.25) is 10.1 Å². The van der Waals surface area contributed by atoms with Crippen LogP contribution in [0.15, 0.2) is 23.1 Å². The Morgan fingerprint density at radius 3 is 2.60 bits per heavy atom. The molecule has 1 atom stereocenters. The molecule has 1 aromatic carbocycles. The lowest BCUT2D eigenvalue weighted by atomic mass is 9.98. The lowest BCUT2D eigenvalue weighted by Crippen LogP contribution is -2.37. The first-order chi connectivity index (χ1) is 11.8. The van der Waals surface area contributed by atoms with Crippen LogP contribution in [-0.4, -0.2) is 55.5 Å². The van der Waals surface area contributed by atoms with E-state index in [1.165, 1.54) is 16.4 Å². The molecule has 2 rings (SSSR count). The van der Waals surface area contributed by atoms with Crippen LogP contribution in [0, 0.1) is 16.0 Å². The smallest absolute Gasteiger partial charge is 0.293 e. The summed E-state index contributed by atoms with van der Waals surface area (Å²) in [7, 11) is -3.75. The molecule has 1 aliphatic heterocycles. The number of anilines is 1. The molecule has 1 fully saturated rings. The molecule has 0 aliphatic carbocycles. The van der Waals surface area contributed by atoms with Gasteiger partial charge in [-0.05, 0) is 30.9 Å². The summed E-state index contributed by atoms with van der Waals surface area (Å²) < 4.78 is 26.5. The summed E-state index contributed by atoms with van der Waals surface area (Å²) in [4.78, 5) is 12.8. The maximum atomic E-state index is 12.6. The summed E-state index contributed by atoms with van der Waals surface area (Å²) in [5, 5.41) is 20.9. The topological polar surface area (TPSA) is 104 Å². The predicted octanol–water partition coefficient (Wildman–Crippen LogP) is 1.83. The van der Waals surface area contributed by atoms with Crippen molar-refractivity contribution in [1.82, 2.24) is 4.31 Å². The highest BCUT2D eigenvalue weighted by molar-refractivity contribution is 7.89. The molecule has 1 heterocycles. The van der Waals surface area contributed by atoms with Gasteiger partial charge in [0.25, 0.3) is 5.69 Å². The van der Waals surface area contributed by atoms with Gasteiger partial charge in [-0.1, -0.05) is 13.8 Å². The highest BCUT2D eigenvalue weighted by atomic mass is 32.2. The second-order valence-corrected chi connectivity index (χ2v) is 8.07. The van der Waals surface area contributed by atoms with Gasteiger partial charge in [-0.2, -0.15) is 4.31 Å². The zero-order chi connectivity index (χ0) is 18.6. The van der Waals surface area contributed by atoms with Crippen molar-refractivity contribution in [1.29, 1.82) is 0 Å². The summed E-state index contributed by atoms with van der Waals surface area (Å²) in [5.41, 5.74) is 0.188. The molecule has 1 aromatic rings. The van der Waals surface area contributed by atoms with E-state index in [2.05, 4.69) is 0 Å². The Kier molecular flexibility index (Phi) is 6.36. The fraction of sp³-hybridized carbons (Fsp3) is 0.625. The highest BCUT2D eigenvalue weighted by Crippen LogP contribution is 2.34. The molecule has 1 aliphatic rings. The Morgan fingerprint density at radius 1 is 1.36 bits per heavy atom. The zero-order valence-corrected chi connectivity index (χ0v) is 15.4. The molecule has 1 N–H and O–H groups in total. The van der Waals surface area contributed by atoms with Crippen molar-refractivity contribution in [3.8, 4) is 0 Å². The average Bonchev–Trinajstić information content (AvgIpc) is 2.62. The number of nitro benzene ring substituents is 1. The zero-order valence-electron chi connectivity index (χ0n) is 14.6. The normalized spacial score (nSPS) is 18.6. The van der Waals surface area contributed by atoms with E-state index in [0.29, 0.717) is 31.9 Å². The van der Waals surface area contributed by atoms with Crippen molar-refractivity contribution in [2.75, 3.05) is 37.7 Å². The Labute approximate surface area is 148 Å². The van der Waals surface area contributed by atoms with Crippen LogP contribution in [0.4, 0.5) is 11.4 Å². The van der Waals surface area contributed by atoms with Gasteiger partial charge in [0.15, 0.2) is 0 Å². The highest BCUT2D eigenvalue weighted by Gasteiger charge is 2.29. The molecule has 1 saturated heterocycles. The average molecular weight is 371 g/mol. The molecule has 9 heteroatoms. The van der Waals surface area contributed by atoms with Crippen LogP contribution in [0.2, 0.25) is 0 Å². The van der Waals surface area contributed by atoms with Crippen LogP contribution < -0.4 is 4.90 Å². The van der Waals surface area contributed by atoms with Gasteiger partial charge in [0.05, 0.1) is 9.82 Å². The van der Waals surface area contributed by atoms with Gasteiger partial charge in [0, 0.05) is 38.9 Å². The third-order valence-corrected chi connectivity index (χ3v) is 6.65. The number of hydrogen-bond donors (Lipinski definition) is 1. The van der Waals surface area contributed by atoms with Crippen LogP contribution in [0.5, 0.6) is 0 Å². The minimum absolute atomic E-state index is 0.0404. The van der Waals surface area contributed by atoms with Gasteiger partial charge in [-0.25, -0.2) is 8.42 Å². The summed E-state index contributed by atoms with van der Waals surface area (Å²) >= 11 is 0. The summed E-state index contributed by atoms with van der Waals surface area (Å²) in [6, 6.07) is 4.08. The molecule has 0 bridgehead atoms. The lowest BCUT2D eigenvalue weighted by molar-refractivity contribution is -0.384. The van der Waals surface area contributed by atoms with Crippen LogP contribution in [0.3, 0.4) is 0 Å². The van der Waals surface area contributed by atoms with Crippen LogP contribution in [0.1, 0.15) is 26.7 Å². The van der Waals surface area contributed by atoms with Crippen LogP contribution in [0.25, 0.3) is 0 Å². The fourth-order valence-electron chi connectivity index (χ4n) is 3.22. The lowest BCUT2D eigenvalue weighted by Gasteiger charge is -2.33. The molecule has 0 spiro atoms. The second kappa shape index (κ2) is 8.11. The van der Waals surface area contributed by atoms with E-state index in [1.807, 2.05) is 4.90 Å². The number of aliphatic hydroxyl groups is 1. The molecule has 0 radical (unpaired) electrons. The third-order valence-electron chi connectivity index (χ3n) is 4.60. The molecule has 25 heavy (non-hydrogen) atoms. The van der Waals surface area contributed by atoms with E-state index in [9.17, 15) is 23.6 Å². The van der Waals surface area contributed by atoms with E-state index in [0.717, 1.165) is 18.9 Å². The van der Waals surface area contributed by atoms with E-state index in [-0.39, 0.29) is 23.1 Å². The molecule has 0 saturated carbocycles. The largest absolute Gasteiger partial charge is 0.396 e. The fourth-order valence-corrected chi connectivity index (χ4v) is 4.70. The standard InChI is InChI=1S/C16H25N3O5S/c1-3-18(4-2)25(23,24)14-7-8-15(16(10-14)19(21)22)17-9-5-6-13(11-17)12-20/h7-8,10,13,20H,3-6,9,11-12H2,1-2H3. The minimum Gasteiger partial charge on any atom is -0.396 e. The first-order valence-electron chi connectivity index (χ1n) is 8.49. The van der Waals surface area contributed by atoms with Gasteiger partial charge in [0.2, 0.25) is 10.0 Å². The number of nitro groups is 1. The summed E-state index contributed by atoms with van der Waals surface area (Å²) in [6.07, 6.45) is 1.72. The number of benzene rings is 1. The first-order valence-corrected chi connectivity index (χ1v) is 9.93. The Hall–Kier alpha value is -1.71. The number of nitrogens with zero attached hydrogens (tertiary/aromatic N) is 3. The molecule has 0 aromatic heterocycles. The molecule has 1 unspecified atom stereocenters. The van der Waals surface area contributed by atoms with Crippen LogP contribution in [-0.2, 0) is 10.0 Å². The monoisotopic (exact) mass is 371 g/mol. The van der Waals surface area contributed by atoms with Gasteiger partial charge in [-0.15, -0.1) is 0 Å². The molecular weight excluding hydrogens is 346 g/mol. The number of rotatable bonds is 7. The quantitative estimate of drug-likeness (QED) is 0.579. The number of aliphatic hydroxyl groups excluding tert-OH is 1. The maximum Gasteiger partial charge on any atom is 0.293 e. The number of sulfonamides is 1. The van der Waals surface area contributed by atoms with E-state index in [4.69, 9.17) is 0 Å². The second-order valence-electron chi connectivity index (χ2n) is 6.13. The van der Waals surface area contributed by atoms with Gasteiger partial charge in [0.1, 0.15) is 5.69 Å². The molecular formula is C16H25N3O5S. The van der Waals surface area contributed by atoms with Crippen molar-refractivity contribution < 1.29 is 18.4 Å². The minimum atomic E-state index is -3.75.